The molecule has 0 aliphatic heterocycles. The molecule has 0 bridgehead atoms. The molecule has 78 valence electrons. The number of aromatic nitrogens is 1. The van der Waals surface area contributed by atoms with Crippen LogP contribution in [0.15, 0.2) is 22.7 Å². The maximum atomic E-state index is 10.9. The molecule has 0 amide bonds. The molecule has 5 heteroatoms. The molecule has 2 rings (SSSR count). The highest BCUT2D eigenvalue weighted by atomic mass is 79.9. The summed E-state index contributed by atoms with van der Waals surface area (Å²) in [5.74, 6) is -0.941. The van der Waals surface area contributed by atoms with E-state index in [-0.39, 0.29) is 5.69 Å². The van der Waals surface area contributed by atoms with Crippen molar-refractivity contribution < 1.29 is 9.90 Å². The highest BCUT2D eigenvalue weighted by Crippen LogP contribution is 2.28. The van der Waals surface area contributed by atoms with Crippen LogP contribution in [0.2, 0.25) is 0 Å². The number of nitrogens with two attached hydrogens (primary N) is 1. The summed E-state index contributed by atoms with van der Waals surface area (Å²) in [5, 5.41) is 9.77. The van der Waals surface area contributed by atoms with Crippen LogP contribution < -0.4 is 5.73 Å². The number of aromatic carboxylic acids is 1. The smallest absolute Gasteiger partial charge is 0.352 e. The first-order chi connectivity index (χ1) is 7.00. The van der Waals surface area contributed by atoms with Gasteiger partial charge in [0.25, 0.3) is 0 Å². The van der Waals surface area contributed by atoms with Crippen LogP contribution in [-0.4, -0.2) is 15.6 Å². The Kier molecular flexibility index (Phi) is 2.19. The van der Waals surface area contributed by atoms with Gasteiger partial charge < -0.3 is 15.4 Å². The van der Waals surface area contributed by atoms with E-state index in [4.69, 9.17) is 10.8 Å². The number of hydrogen-bond donors (Lipinski definition) is 2. The van der Waals surface area contributed by atoms with E-state index in [1.165, 1.54) is 0 Å². The summed E-state index contributed by atoms with van der Waals surface area (Å²) in [6, 6.07) is 5.18. The van der Waals surface area contributed by atoms with Gasteiger partial charge in [0.15, 0.2) is 0 Å². The number of rotatable bonds is 1. The fourth-order valence-electron chi connectivity index (χ4n) is 1.58. The van der Waals surface area contributed by atoms with Crippen LogP contribution in [0.4, 0.5) is 5.69 Å². The van der Waals surface area contributed by atoms with Crippen molar-refractivity contribution in [3.05, 3.63) is 28.4 Å². The Hall–Kier alpha value is -1.49. The fraction of sp³-hybridized carbons (Fsp3) is 0.100. The Morgan fingerprint density at radius 3 is 2.73 bits per heavy atom. The molecule has 1 aromatic carbocycles. The average molecular weight is 269 g/mol. The Balaban J connectivity index is 2.83. The summed E-state index contributed by atoms with van der Waals surface area (Å²) in [6.45, 7) is 0. The number of anilines is 1. The zero-order valence-corrected chi connectivity index (χ0v) is 9.58. The SMILES string of the molecule is Cn1c(C(=O)O)cc2cc(N)c(Br)cc21. The number of nitrogens with zero attached hydrogens (tertiary/aromatic N) is 1. The number of carbonyl (C=O) groups is 1. The second kappa shape index (κ2) is 3.27. The zero-order valence-electron chi connectivity index (χ0n) is 7.99. The van der Waals surface area contributed by atoms with E-state index in [9.17, 15) is 4.79 Å². The van der Waals surface area contributed by atoms with Gasteiger partial charge in [-0.15, -0.1) is 0 Å². The number of hydrogen-bond acceptors (Lipinski definition) is 2. The summed E-state index contributed by atoms with van der Waals surface area (Å²) in [5.41, 5.74) is 7.41. The molecule has 2 aromatic rings. The van der Waals surface area contributed by atoms with Crippen LogP contribution >= 0.6 is 15.9 Å². The van der Waals surface area contributed by atoms with Crippen LogP contribution in [0.3, 0.4) is 0 Å². The van der Waals surface area contributed by atoms with E-state index >= 15 is 0 Å². The van der Waals surface area contributed by atoms with Gasteiger partial charge in [0.05, 0.1) is 0 Å². The van der Waals surface area contributed by atoms with E-state index in [0.29, 0.717) is 5.69 Å². The fourth-order valence-corrected chi connectivity index (χ4v) is 1.91. The molecule has 0 aliphatic carbocycles. The van der Waals surface area contributed by atoms with Gasteiger partial charge in [-0.3, -0.25) is 0 Å². The van der Waals surface area contributed by atoms with Gasteiger partial charge in [-0.05, 0) is 34.1 Å². The van der Waals surface area contributed by atoms with Crippen molar-refractivity contribution in [3.8, 4) is 0 Å². The van der Waals surface area contributed by atoms with Gasteiger partial charge >= 0.3 is 5.97 Å². The van der Waals surface area contributed by atoms with Gasteiger partial charge in [0, 0.05) is 28.1 Å². The summed E-state index contributed by atoms with van der Waals surface area (Å²) in [6.07, 6.45) is 0. The molecule has 0 atom stereocenters. The largest absolute Gasteiger partial charge is 0.477 e. The molecule has 0 radical (unpaired) electrons. The Morgan fingerprint density at radius 1 is 1.47 bits per heavy atom. The van der Waals surface area contributed by atoms with Crippen LogP contribution in [0.1, 0.15) is 10.5 Å². The summed E-state index contributed by atoms with van der Waals surface area (Å²) in [4.78, 5) is 10.9. The van der Waals surface area contributed by atoms with Crippen molar-refractivity contribution in [2.45, 2.75) is 0 Å². The van der Waals surface area contributed by atoms with Gasteiger partial charge in [-0.2, -0.15) is 0 Å². The minimum atomic E-state index is -0.941. The second-order valence-corrected chi connectivity index (χ2v) is 4.18. The molecule has 3 N–H and O–H groups in total. The third-order valence-corrected chi connectivity index (χ3v) is 3.07. The minimum absolute atomic E-state index is 0.252. The molecule has 1 heterocycles. The first kappa shape index (κ1) is 10.0. The lowest BCUT2D eigenvalue weighted by Crippen LogP contribution is -2.03. The molecule has 4 nitrogen and oxygen atoms in total. The van der Waals surface area contributed by atoms with Gasteiger partial charge in [-0.25, -0.2) is 4.79 Å². The lowest BCUT2D eigenvalue weighted by atomic mass is 10.2. The van der Waals surface area contributed by atoms with Crippen molar-refractivity contribution in [3.63, 3.8) is 0 Å². The molecular weight excluding hydrogens is 260 g/mol. The lowest BCUT2D eigenvalue weighted by molar-refractivity contribution is 0.0687. The first-order valence-electron chi connectivity index (χ1n) is 4.28. The number of halogens is 1. The summed E-state index contributed by atoms with van der Waals surface area (Å²) >= 11 is 3.31. The van der Waals surface area contributed by atoms with Gasteiger partial charge in [-0.1, -0.05) is 0 Å². The highest BCUT2D eigenvalue weighted by molar-refractivity contribution is 9.10. The van der Waals surface area contributed by atoms with Crippen LogP contribution in [0.25, 0.3) is 10.9 Å². The summed E-state index contributed by atoms with van der Waals surface area (Å²) in [7, 11) is 1.72. The van der Waals surface area contributed by atoms with E-state index in [0.717, 1.165) is 15.4 Å². The third-order valence-electron chi connectivity index (χ3n) is 2.38. The number of nitrogen functional groups attached to an aromatic ring is 1. The van der Waals surface area contributed by atoms with Gasteiger partial charge in [0.1, 0.15) is 5.69 Å². The Bertz CT molecular complexity index is 560. The van der Waals surface area contributed by atoms with Crippen LogP contribution in [0.5, 0.6) is 0 Å². The van der Waals surface area contributed by atoms with E-state index < -0.39 is 5.97 Å². The predicted octanol–water partition coefficient (Wildman–Crippen LogP) is 2.22. The van der Waals surface area contributed by atoms with Crippen molar-refractivity contribution in [2.75, 3.05) is 5.73 Å². The number of aryl methyl sites for hydroxylation is 1. The molecule has 0 fully saturated rings. The maximum absolute atomic E-state index is 10.9. The third kappa shape index (κ3) is 1.48. The molecular formula is C10H9BrN2O2. The topological polar surface area (TPSA) is 68.2 Å². The predicted molar refractivity (Wildman–Crippen MR) is 62.0 cm³/mol. The van der Waals surface area contributed by atoms with Crippen LogP contribution in [-0.2, 0) is 7.05 Å². The Morgan fingerprint density at radius 2 is 2.13 bits per heavy atom. The normalized spacial score (nSPS) is 10.8. The number of fused-ring (bicyclic) bond motifs is 1. The molecule has 0 unspecified atom stereocenters. The average Bonchev–Trinajstić information content (AvgIpc) is 2.46. The van der Waals surface area contributed by atoms with Crippen molar-refractivity contribution >= 4 is 38.5 Å². The molecule has 0 aliphatic rings. The first-order valence-corrected chi connectivity index (χ1v) is 5.07. The van der Waals surface area contributed by atoms with E-state index in [1.807, 2.05) is 6.07 Å². The van der Waals surface area contributed by atoms with Crippen molar-refractivity contribution in [1.29, 1.82) is 0 Å². The van der Waals surface area contributed by atoms with Crippen molar-refractivity contribution in [2.24, 2.45) is 7.05 Å². The summed E-state index contributed by atoms with van der Waals surface area (Å²) < 4.78 is 2.40. The van der Waals surface area contributed by atoms with Crippen LogP contribution in [0, 0.1) is 0 Å². The molecule has 1 aromatic heterocycles. The van der Waals surface area contributed by atoms with E-state index in [2.05, 4.69) is 15.9 Å². The minimum Gasteiger partial charge on any atom is -0.477 e. The van der Waals surface area contributed by atoms with Gasteiger partial charge in [0.2, 0.25) is 0 Å². The Labute approximate surface area is 94.4 Å². The highest BCUT2D eigenvalue weighted by Gasteiger charge is 2.12. The molecule has 0 saturated carbocycles. The number of benzene rings is 1. The zero-order chi connectivity index (χ0) is 11.2. The molecule has 0 saturated heterocycles. The number of carboxylic acids is 1. The van der Waals surface area contributed by atoms with E-state index in [1.54, 1.807) is 23.7 Å². The lowest BCUT2D eigenvalue weighted by Gasteiger charge is -2.01. The molecule has 15 heavy (non-hydrogen) atoms. The quantitative estimate of drug-likeness (QED) is 0.780. The monoisotopic (exact) mass is 268 g/mol. The maximum Gasteiger partial charge on any atom is 0.352 e. The van der Waals surface area contributed by atoms with Crippen molar-refractivity contribution in [1.82, 2.24) is 4.57 Å². The second-order valence-electron chi connectivity index (χ2n) is 3.33. The standard InChI is InChI=1S/C10H9BrN2O2/c1-13-8-4-6(11)7(12)2-5(8)3-9(13)10(14)15/h2-4H,12H2,1H3,(H,14,15). The molecule has 0 spiro atoms. The number of carboxylic acid groups (broad SMARTS) is 1.